The zero-order valence-corrected chi connectivity index (χ0v) is 15.3. The van der Waals surface area contributed by atoms with E-state index in [1.807, 2.05) is 12.1 Å². The predicted molar refractivity (Wildman–Crippen MR) is 102 cm³/mol. The number of rotatable bonds is 6. The van der Waals surface area contributed by atoms with Crippen molar-refractivity contribution in [2.24, 2.45) is 5.92 Å². The summed E-state index contributed by atoms with van der Waals surface area (Å²) in [7, 11) is 0. The third-order valence-corrected chi connectivity index (χ3v) is 4.82. The van der Waals surface area contributed by atoms with Gasteiger partial charge in [-0.25, -0.2) is 4.79 Å². The molecule has 4 N–H and O–H groups in total. The van der Waals surface area contributed by atoms with E-state index in [1.54, 1.807) is 24.3 Å². The second-order valence-corrected chi connectivity index (χ2v) is 6.84. The molecule has 148 valence electrons. The van der Waals surface area contributed by atoms with Crippen LogP contribution in [0, 0.1) is 5.92 Å². The van der Waals surface area contributed by atoms with Crippen LogP contribution in [0.15, 0.2) is 47.1 Å². The van der Waals surface area contributed by atoms with Gasteiger partial charge < -0.3 is 25.5 Å². The van der Waals surface area contributed by atoms with Gasteiger partial charge in [0.05, 0.1) is 12.2 Å². The molecule has 0 atom stereocenters. The first-order valence-corrected chi connectivity index (χ1v) is 9.22. The standard InChI is InChI=1S/C20H23N3O5/c24-18(17-2-1-11-28-17)22-15-7-3-13(4-8-15)12-21-20(27)23-16-9-5-14(6-10-16)19(25)26/h1-4,7-8,11,14,16H,5-6,9-10,12H2,(H,22,24)(H,25,26)(H2,21,23,27). The lowest BCUT2D eigenvalue weighted by Gasteiger charge is -2.26. The Hall–Kier alpha value is -3.29. The maximum atomic E-state index is 12.0. The fraction of sp³-hybridized carbons (Fsp3) is 0.350. The Morgan fingerprint density at radius 1 is 1.04 bits per heavy atom. The van der Waals surface area contributed by atoms with Crippen molar-refractivity contribution >= 4 is 23.6 Å². The minimum absolute atomic E-state index is 0.00906. The van der Waals surface area contributed by atoms with Crippen LogP contribution in [-0.4, -0.2) is 29.1 Å². The lowest BCUT2D eigenvalue weighted by Crippen LogP contribution is -2.43. The number of benzene rings is 1. The van der Waals surface area contributed by atoms with Crippen molar-refractivity contribution in [1.82, 2.24) is 10.6 Å². The van der Waals surface area contributed by atoms with Crippen molar-refractivity contribution in [3.05, 3.63) is 54.0 Å². The molecule has 1 heterocycles. The first-order valence-electron chi connectivity index (χ1n) is 9.22. The van der Waals surface area contributed by atoms with Crippen molar-refractivity contribution in [3.8, 4) is 0 Å². The lowest BCUT2D eigenvalue weighted by atomic mass is 9.86. The van der Waals surface area contributed by atoms with Crippen LogP contribution in [0.1, 0.15) is 41.8 Å². The summed E-state index contributed by atoms with van der Waals surface area (Å²) >= 11 is 0. The van der Waals surface area contributed by atoms with Crippen LogP contribution < -0.4 is 16.0 Å². The average Bonchev–Trinajstić information content (AvgIpc) is 3.23. The molecule has 8 nitrogen and oxygen atoms in total. The molecule has 0 saturated heterocycles. The van der Waals surface area contributed by atoms with Crippen LogP contribution in [0.5, 0.6) is 0 Å². The number of carbonyl (C=O) groups excluding carboxylic acids is 2. The summed E-state index contributed by atoms with van der Waals surface area (Å²) in [5.41, 5.74) is 1.52. The van der Waals surface area contributed by atoms with Crippen LogP contribution in [-0.2, 0) is 11.3 Å². The van der Waals surface area contributed by atoms with Gasteiger partial charge in [0, 0.05) is 18.3 Å². The van der Waals surface area contributed by atoms with E-state index in [9.17, 15) is 14.4 Å². The molecule has 1 fully saturated rings. The molecule has 3 amide bonds. The average molecular weight is 385 g/mol. The summed E-state index contributed by atoms with van der Waals surface area (Å²) in [6.07, 6.45) is 3.96. The third-order valence-electron chi connectivity index (χ3n) is 4.82. The largest absolute Gasteiger partial charge is 0.481 e. The molecule has 8 heteroatoms. The van der Waals surface area contributed by atoms with E-state index in [0.717, 1.165) is 5.56 Å². The molecule has 1 aliphatic carbocycles. The van der Waals surface area contributed by atoms with Crippen molar-refractivity contribution in [2.45, 2.75) is 38.3 Å². The van der Waals surface area contributed by atoms with Crippen molar-refractivity contribution < 1.29 is 23.9 Å². The fourth-order valence-electron chi connectivity index (χ4n) is 3.21. The van der Waals surface area contributed by atoms with Crippen LogP contribution >= 0.6 is 0 Å². The van der Waals surface area contributed by atoms with Crippen molar-refractivity contribution in [3.63, 3.8) is 0 Å². The van der Waals surface area contributed by atoms with E-state index < -0.39 is 5.97 Å². The van der Waals surface area contributed by atoms with Gasteiger partial charge in [-0.1, -0.05) is 12.1 Å². The van der Waals surface area contributed by atoms with Crippen molar-refractivity contribution in [1.29, 1.82) is 0 Å². The molecule has 1 aromatic heterocycles. The smallest absolute Gasteiger partial charge is 0.315 e. The van der Waals surface area contributed by atoms with E-state index in [4.69, 9.17) is 9.52 Å². The van der Waals surface area contributed by atoms with E-state index in [0.29, 0.717) is 37.9 Å². The summed E-state index contributed by atoms with van der Waals surface area (Å²) in [6, 6.07) is 10.1. The number of amides is 3. The normalized spacial score (nSPS) is 18.9. The minimum atomic E-state index is -0.758. The molecule has 2 aromatic rings. The maximum absolute atomic E-state index is 12.0. The number of furan rings is 1. The molecule has 0 aliphatic heterocycles. The van der Waals surface area contributed by atoms with Gasteiger partial charge in [0.2, 0.25) is 0 Å². The summed E-state index contributed by atoms with van der Waals surface area (Å²) in [4.78, 5) is 34.9. The fourth-order valence-corrected chi connectivity index (χ4v) is 3.21. The zero-order chi connectivity index (χ0) is 19.9. The Morgan fingerprint density at radius 2 is 1.75 bits per heavy atom. The zero-order valence-electron chi connectivity index (χ0n) is 15.3. The molecule has 0 spiro atoms. The SMILES string of the molecule is O=C(NCc1ccc(NC(=O)c2ccco2)cc1)NC1CCC(C(=O)O)CC1. The lowest BCUT2D eigenvalue weighted by molar-refractivity contribution is -0.142. The topological polar surface area (TPSA) is 121 Å². The van der Waals surface area contributed by atoms with Crippen molar-refractivity contribution in [2.75, 3.05) is 5.32 Å². The molecular weight excluding hydrogens is 362 g/mol. The van der Waals surface area contributed by atoms with Gasteiger partial charge in [-0.05, 0) is 55.5 Å². The Bertz CT molecular complexity index is 809. The molecular formula is C20H23N3O5. The van der Waals surface area contributed by atoms with Crippen LogP contribution in [0.4, 0.5) is 10.5 Å². The van der Waals surface area contributed by atoms with Gasteiger partial charge in [-0.15, -0.1) is 0 Å². The number of carbonyl (C=O) groups is 3. The first-order chi connectivity index (χ1) is 13.5. The van der Waals surface area contributed by atoms with Gasteiger partial charge in [0.25, 0.3) is 5.91 Å². The number of urea groups is 1. The van der Waals surface area contributed by atoms with Crippen LogP contribution in [0.2, 0.25) is 0 Å². The van der Waals surface area contributed by atoms with E-state index >= 15 is 0 Å². The van der Waals surface area contributed by atoms with E-state index in [1.165, 1.54) is 6.26 Å². The highest BCUT2D eigenvalue weighted by Gasteiger charge is 2.26. The molecule has 1 aliphatic rings. The predicted octanol–water partition coefficient (Wildman–Crippen LogP) is 2.97. The molecule has 0 radical (unpaired) electrons. The molecule has 3 rings (SSSR count). The quantitative estimate of drug-likeness (QED) is 0.609. The summed E-state index contributed by atoms with van der Waals surface area (Å²) in [6.45, 7) is 0.350. The monoisotopic (exact) mass is 385 g/mol. The number of aliphatic carboxylic acids is 1. The number of anilines is 1. The number of hydrogen-bond donors (Lipinski definition) is 4. The minimum Gasteiger partial charge on any atom is -0.481 e. The first kappa shape index (κ1) is 19.5. The number of nitrogens with one attached hydrogen (secondary N) is 3. The van der Waals surface area contributed by atoms with Gasteiger partial charge >= 0.3 is 12.0 Å². The Labute approximate surface area is 162 Å². The summed E-state index contributed by atoms with van der Waals surface area (Å²) in [5, 5.41) is 17.4. The van der Waals surface area contributed by atoms with Crippen LogP contribution in [0.25, 0.3) is 0 Å². The van der Waals surface area contributed by atoms with Gasteiger partial charge in [0.1, 0.15) is 0 Å². The number of carboxylic acids is 1. The maximum Gasteiger partial charge on any atom is 0.315 e. The number of hydrogen-bond acceptors (Lipinski definition) is 4. The molecule has 1 aromatic carbocycles. The Balaban J connectivity index is 1.40. The number of carboxylic acid groups (broad SMARTS) is 1. The summed E-state index contributed by atoms with van der Waals surface area (Å²) < 4.78 is 5.04. The van der Waals surface area contributed by atoms with Gasteiger partial charge in [-0.3, -0.25) is 9.59 Å². The van der Waals surface area contributed by atoms with Crippen LogP contribution in [0.3, 0.4) is 0 Å². The second-order valence-electron chi connectivity index (χ2n) is 6.84. The van der Waals surface area contributed by atoms with E-state index in [-0.39, 0.29) is 29.7 Å². The molecule has 0 bridgehead atoms. The third kappa shape index (κ3) is 5.35. The Kier molecular flexibility index (Phi) is 6.31. The summed E-state index contributed by atoms with van der Waals surface area (Å²) in [5.74, 6) is -1.15. The Morgan fingerprint density at radius 3 is 2.36 bits per heavy atom. The van der Waals surface area contributed by atoms with E-state index in [2.05, 4.69) is 16.0 Å². The molecule has 1 saturated carbocycles. The highest BCUT2D eigenvalue weighted by atomic mass is 16.4. The molecule has 28 heavy (non-hydrogen) atoms. The highest BCUT2D eigenvalue weighted by Crippen LogP contribution is 2.24. The van der Waals surface area contributed by atoms with Gasteiger partial charge in [0.15, 0.2) is 5.76 Å². The second kappa shape index (κ2) is 9.07. The highest BCUT2D eigenvalue weighted by molar-refractivity contribution is 6.02. The molecule has 0 unspecified atom stereocenters. The van der Waals surface area contributed by atoms with Gasteiger partial charge in [-0.2, -0.15) is 0 Å².